The molecular formula is C17H22N3O3+. The van der Waals surface area contributed by atoms with Crippen LogP contribution in [0.1, 0.15) is 12.5 Å². The van der Waals surface area contributed by atoms with Gasteiger partial charge in [-0.25, -0.2) is 4.79 Å². The Morgan fingerprint density at radius 1 is 1.22 bits per heavy atom. The Bertz CT molecular complexity index is 730. The number of hydrogen-bond acceptors (Lipinski definition) is 3. The van der Waals surface area contributed by atoms with Gasteiger partial charge in [0.25, 0.3) is 5.91 Å². The molecule has 4 N–H and O–H groups in total. The van der Waals surface area contributed by atoms with Crippen LogP contribution in [-0.4, -0.2) is 32.1 Å². The summed E-state index contributed by atoms with van der Waals surface area (Å²) in [6.07, 6.45) is 0. The number of benzene rings is 2. The molecule has 3 amide bonds. The summed E-state index contributed by atoms with van der Waals surface area (Å²) in [5.74, 6) is 0.449. The number of amides is 3. The smallest absolute Gasteiger partial charge is 0.319 e. The van der Waals surface area contributed by atoms with Crippen LogP contribution in [-0.2, 0) is 11.3 Å². The van der Waals surface area contributed by atoms with E-state index in [0.29, 0.717) is 6.54 Å². The van der Waals surface area contributed by atoms with Crippen LogP contribution in [0.4, 0.5) is 4.79 Å². The van der Waals surface area contributed by atoms with E-state index in [1.165, 1.54) is 0 Å². The minimum absolute atomic E-state index is 0.375. The van der Waals surface area contributed by atoms with Crippen LogP contribution < -0.4 is 20.7 Å². The molecule has 2 rings (SSSR count). The maximum absolute atomic E-state index is 11.8. The van der Waals surface area contributed by atoms with Gasteiger partial charge in [-0.15, -0.1) is 0 Å². The van der Waals surface area contributed by atoms with Crippen LogP contribution in [0.2, 0.25) is 0 Å². The van der Waals surface area contributed by atoms with Crippen molar-refractivity contribution >= 4 is 22.7 Å². The van der Waals surface area contributed by atoms with Crippen LogP contribution in [0.25, 0.3) is 10.8 Å². The fraction of sp³-hybridized carbons (Fsp3) is 0.294. The zero-order chi connectivity index (χ0) is 17.0. The third kappa shape index (κ3) is 4.20. The first kappa shape index (κ1) is 16.8. The molecule has 0 heterocycles. The third-order valence-corrected chi connectivity index (χ3v) is 3.97. The summed E-state index contributed by atoms with van der Waals surface area (Å²) in [7, 11) is 3.55. The molecular weight excluding hydrogens is 294 g/mol. The first-order chi connectivity index (χ1) is 10.9. The van der Waals surface area contributed by atoms with Gasteiger partial charge in [-0.1, -0.05) is 18.2 Å². The number of rotatable bonds is 5. The molecule has 0 aliphatic rings. The Morgan fingerprint density at radius 2 is 1.87 bits per heavy atom. The van der Waals surface area contributed by atoms with Crippen LogP contribution in [0.5, 0.6) is 5.75 Å². The van der Waals surface area contributed by atoms with Crippen molar-refractivity contribution in [3.8, 4) is 5.75 Å². The van der Waals surface area contributed by atoms with Gasteiger partial charge in [-0.05, 0) is 35.9 Å². The van der Waals surface area contributed by atoms with Gasteiger partial charge in [0, 0.05) is 5.56 Å². The van der Waals surface area contributed by atoms with Gasteiger partial charge in [0.15, 0.2) is 6.04 Å². The number of carbonyl (C=O) groups excluding carboxylic acids is 2. The molecule has 6 heteroatoms. The molecule has 0 spiro atoms. The zero-order valence-corrected chi connectivity index (χ0v) is 13.6. The fourth-order valence-corrected chi connectivity index (χ4v) is 2.44. The van der Waals surface area contributed by atoms with E-state index in [-0.39, 0.29) is 11.9 Å². The Hall–Kier alpha value is -2.60. The highest BCUT2D eigenvalue weighted by Crippen LogP contribution is 2.21. The molecule has 1 unspecified atom stereocenters. The average Bonchev–Trinajstić information content (AvgIpc) is 2.52. The SMILES string of the molecule is COc1ccc2cc(C[NH+](C)[C@H](C)C(=O)NC(N)=O)ccc2c1. The second-order valence-electron chi connectivity index (χ2n) is 5.65. The van der Waals surface area contributed by atoms with E-state index in [1.54, 1.807) is 14.0 Å². The minimum Gasteiger partial charge on any atom is -0.497 e. The van der Waals surface area contributed by atoms with E-state index in [4.69, 9.17) is 10.5 Å². The first-order valence-electron chi connectivity index (χ1n) is 7.40. The Labute approximate surface area is 135 Å². The van der Waals surface area contributed by atoms with Gasteiger partial charge in [-0.2, -0.15) is 0 Å². The lowest BCUT2D eigenvalue weighted by molar-refractivity contribution is -0.908. The van der Waals surface area contributed by atoms with Crippen molar-refractivity contribution in [2.24, 2.45) is 5.73 Å². The predicted octanol–water partition coefficient (Wildman–Crippen LogP) is 0.447. The van der Waals surface area contributed by atoms with Crippen LogP contribution in [0, 0.1) is 0 Å². The fourth-order valence-electron chi connectivity index (χ4n) is 2.44. The maximum atomic E-state index is 11.8. The van der Waals surface area contributed by atoms with Crippen molar-refractivity contribution in [1.82, 2.24) is 5.32 Å². The second-order valence-corrected chi connectivity index (χ2v) is 5.65. The molecule has 122 valence electrons. The Kier molecular flexibility index (Phi) is 5.18. The topological polar surface area (TPSA) is 85.9 Å². The highest BCUT2D eigenvalue weighted by molar-refractivity contribution is 5.95. The molecule has 2 aromatic carbocycles. The highest BCUT2D eigenvalue weighted by Gasteiger charge is 2.22. The molecule has 0 fully saturated rings. The summed E-state index contributed by atoms with van der Waals surface area (Å²) < 4.78 is 5.22. The quantitative estimate of drug-likeness (QED) is 0.748. The number of imide groups is 1. The second kappa shape index (κ2) is 7.11. The van der Waals surface area contributed by atoms with Crippen molar-refractivity contribution < 1.29 is 19.2 Å². The molecule has 0 aliphatic carbocycles. The van der Waals surface area contributed by atoms with E-state index in [0.717, 1.165) is 27.0 Å². The van der Waals surface area contributed by atoms with Crippen LogP contribution in [0.15, 0.2) is 36.4 Å². The number of fused-ring (bicyclic) bond motifs is 1. The van der Waals surface area contributed by atoms with E-state index in [2.05, 4.69) is 11.4 Å². The summed E-state index contributed by atoms with van der Waals surface area (Å²) in [6, 6.07) is 10.9. The molecule has 0 aliphatic heterocycles. The summed E-state index contributed by atoms with van der Waals surface area (Å²) >= 11 is 0. The molecule has 0 bridgehead atoms. The van der Waals surface area contributed by atoms with Gasteiger partial charge < -0.3 is 15.4 Å². The predicted molar refractivity (Wildman–Crippen MR) is 88.3 cm³/mol. The number of nitrogens with one attached hydrogen (secondary N) is 2. The number of primary amides is 1. The van der Waals surface area contributed by atoms with Crippen molar-refractivity contribution in [1.29, 1.82) is 0 Å². The molecule has 6 nitrogen and oxygen atoms in total. The number of carbonyl (C=O) groups is 2. The molecule has 0 saturated carbocycles. The highest BCUT2D eigenvalue weighted by atomic mass is 16.5. The van der Waals surface area contributed by atoms with Gasteiger partial charge in [-0.3, -0.25) is 10.1 Å². The van der Waals surface area contributed by atoms with Crippen LogP contribution >= 0.6 is 0 Å². The lowest BCUT2D eigenvalue weighted by Crippen LogP contribution is -3.12. The minimum atomic E-state index is -0.825. The van der Waals surface area contributed by atoms with E-state index in [1.807, 2.05) is 37.4 Å². The van der Waals surface area contributed by atoms with Crippen molar-refractivity contribution in [2.75, 3.05) is 14.2 Å². The number of quaternary nitrogens is 1. The Balaban J connectivity index is 2.11. The number of nitrogens with two attached hydrogens (primary N) is 1. The van der Waals surface area contributed by atoms with Crippen molar-refractivity contribution in [3.63, 3.8) is 0 Å². The molecule has 23 heavy (non-hydrogen) atoms. The molecule has 0 radical (unpaired) electrons. The number of methoxy groups -OCH3 is 1. The molecule has 0 aromatic heterocycles. The van der Waals surface area contributed by atoms with Gasteiger partial charge in [0.2, 0.25) is 0 Å². The lowest BCUT2D eigenvalue weighted by atomic mass is 10.1. The molecule has 0 saturated heterocycles. The van der Waals surface area contributed by atoms with Crippen molar-refractivity contribution in [3.05, 3.63) is 42.0 Å². The van der Waals surface area contributed by atoms with E-state index < -0.39 is 6.03 Å². The number of hydrogen-bond donors (Lipinski definition) is 3. The van der Waals surface area contributed by atoms with Gasteiger partial charge in [0.1, 0.15) is 12.3 Å². The maximum Gasteiger partial charge on any atom is 0.319 e. The molecule has 2 aromatic rings. The number of urea groups is 1. The number of likely N-dealkylation sites (N-methyl/N-ethyl adjacent to an activating group) is 1. The third-order valence-electron chi connectivity index (χ3n) is 3.97. The number of ether oxygens (including phenoxy) is 1. The van der Waals surface area contributed by atoms with Crippen molar-refractivity contribution in [2.45, 2.75) is 19.5 Å². The van der Waals surface area contributed by atoms with E-state index in [9.17, 15) is 9.59 Å². The average molecular weight is 316 g/mol. The van der Waals surface area contributed by atoms with E-state index >= 15 is 0 Å². The first-order valence-corrected chi connectivity index (χ1v) is 7.40. The lowest BCUT2D eigenvalue weighted by Gasteiger charge is -2.20. The van der Waals surface area contributed by atoms with Gasteiger partial charge in [0.05, 0.1) is 14.2 Å². The standard InChI is InChI=1S/C17H21N3O3/c1-11(16(21)19-17(18)22)20(2)10-12-4-5-14-9-15(23-3)7-6-13(14)8-12/h4-9,11H,10H2,1-3H3,(H3,18,19,21,22)/p+1/t11-/m1/s1. The summed E-state index contributed by atoms with van der Waals surface area (Å²) in [6.45, 7) is 2.43. The van der Waals surface area contributed by atoms with Crippen LogP contribution in [0.3, 0.4) is 0 Å². The summed E-state index contributed by atoms with van der Waals surface area (Å²) in [5.41, 5.74) is 6.09. The normalized spacial score (nSPS) is 13.3. The summed E-state index contributed by atoms with van der Waals surface area (Å²) in [5, 5.41) is 4.33. The van der Waals surface area contributed by atoms with Gasteiger partial charge >= 0.3 is 6.03 Å². The molecule has 2 atom stereocenters. The largest absolute Gasteiger partial charge is 0.497 e. The zero-order valence-electron chi connectivity index (χ0n) is 13.6. The monoisotopic (exact) mass is 316 g/mol. The Morgan fingerprint density at radius 3 is 2.52 bits per heavy atom. The summed E-state index contributed by atoms with van der Waals surface area (Å²) in [4.78, 5) is 23.6.